The van der Waals surface area contributed by atoms with Crippen molar-refractivity contribution in [2.24, 2.45) is 29.6 Å². The van der Waals surface area contributed by atoms with E-state index in [9.17, 15) is 0 Å². The summed E-state index contributed by atoms with van der Waals surface area (Å²) in [6, 6.07) is 0. The van der Waals surface area contributed by atoms with Crippen LogP contribution >= 0.6 is 0 Å². The second-order valence-corrected chi connectivity index (χ2v) is 4.79. The number of hydrogen-bond acceptors (Lipinski definition) is 0. The van der Waals surface area contributed by atoms with E-state index in [1.807, 2.05) is 0 Å². The molecule has 3 aliphatic rings. The monoisotopic (exact) mass is 136 g/mol. The van der Waals surface area contributed by atoms with Crippen LogP contribution in [0.25, 0.3) is 0 Å². The standard InChI is InChI=1S/C10H16/c1-6-2-3-7-4-8-5-9(6)10(7)8/h6-10H,2-5H2,1H3/t6-,7?,8?,9?,10?/m1/s1. The maximum absolute atomic E-state index is 2.47. The van der Waals surface area contributed by atoms with Crippen LogP contribution in [0.15, 0.2) is 0 Å². The molecular weight excluding hydrogens is 120 g/mol. The average molecular weight is 136 g/mol. The molecule has 0 nitrogen and oxygen atoms in total. The summed E-state index contributed by atoms with van der Waals surface area (Å²) in [6.07, 6.45) is 6.31. The number of rotatable bonds is 0. The Labute approximate surface area is 63.0 Å². The van der Waals surface area contributed by atoms with E-state index < -0.39 is 0 Å². The van der Waals surface area contributed by atoms with Crippen molar-refractivity contribution in [2.75, 3.05) is 0 Å². The lowest BCUT2D eigenvalue weighted by Gasteiger charge is -2.63. The number of hydrogen-bond donors (Lipinski definition) is 0. The minimum atomic E-state index is 1.08. The quantitative estimate of drug-likeness (QED) is 0.480. The maximum Gasteiger partial charge on any atom is -0.0326 e. The minimum absolute atomic E-state index is 1.08. The van der Waals surface area contributed by atoms with E-state index in [-0.39, 0.29) is 0 Å². The lowest BCUT2D eigenvalue weighted by atomic mass is 9.42. The Balaban J connectivity index is 1.83. The summed E-state index contributed by atoms with van der Waals surface area (Å²) in [5.74, 6) is 5.89. The molecule has 10 heavy (non-hydrogen) atoms. The molecule has 4 unspecified atom stereocenters. The summed E-state index contributed by atoms with van der Waals surface area (Å²) < 4.78 is 0. The highest BCUT2D eigenvalue weighted by molar-refractivity contribution is 5.05. The van der Waals surface area contributed by atoms with Crippen molar-refractivity contribution in [3.05, 3.63) is 0 Å². The molecule has 0 aromatic rings. The Morgan fingerprint density at radius 1 is 1.00 bits per heavy atom. The summed E-state index contributed by atoms with van der Waals surface area (Å²) in [4.78, 5) is 0. The SMILES string of the molecule is C[C@@H]1CCC2CC3CC1C23. The fourth-order valence-corrected chi connectivity index (χ4v) is 3.77. The first-order valence-corrected chi connectivity index (χ1v) is 4.86. The maximum atomic E-state index is 2.47. The molecule has 0 spiro atoms. The van der Waals surface area contributed by atoms with E-state index in [1.54, 1.807) is 25.7 Å². The summed E-state index contributed by atoms with van der Waals surface area (Å²) >= 11 is 0. The van der Waals surface area contributed by atoms with Crippen LogP contribution < -0.4 is 0 Å². The van der Waals surface area contributed by atoms with Gasteiger partial charge >= 0.3 is 0 Å². The molecule has 0 amide bonds. The van der Waals surface area contributed by atoms with Gasteiger partial charge in [-0.05, 0) is 48.9 Å². The Hall–Kier alpha value is 0. The van der Waals surface area contributed by atoms with Gasteiger partial charge in [0.2, 0.25) is 0 Å². The molecule has 3 saturated carbocycles. The normalized spacial score (nSPS) is 63.9. The van der Waals surface area contributed by atoms with Gasteiger partial charge < -0.3 is 0 Å². The van der Waals surface area contributed by atoms with Gasteiger partial charge in [-0.3, -0.25) is 0 Å². The van der Waals surface area contributed by atoms with Crippen molar-refractivity contribution in [2.45, 2.75) is 32.6 Å². The molecule has 3 aliphatic carbocycles. The first-order chi connectivity index (χ1) is 4.86. The van der Waals surface area contributed by atoms with Crippen LogP contribution in [0.4, 0.5) is 0 Å². The van der Waals surface area contributed by atoms with Crippen LogP contribution in [-0.2, 0) is 0 Å². The lowest BCUT2D eigenvalue weighted by Crippen LogP contribution is -2.56. The van der Waals surface area contributed by atoms with E-state index in [1.165, 1.54) is 23.7 Å². The third kappa shape index (κ3) is 0.466. The summed E-state index contributed by atoms with van der Waals surface area (Å²) in [7, 11) is 0. The zero-order valence-electron chi connectivity index (χ0n) is 6.72. The molecule has 0 heteroatoms. The van der Waals surface area contributed by atoms with Gasteiger partial charge in [-0.15, -0.1) is 0 Å². The largest absolute Gasteiger partial charge is 0.0622 e. The zero-order chi connectivity index (χ0) is 6.72. The lowest BCUT2D eigenvalue weighted by molar-refractivity contribution is -0.144. The highest BCUT2D eigenvalue weighted by Crippen LogP contribution is 2.64. The zero-order valence-corrected chi connectivity index (χ0v) is 6.72. The first-order valence-electron chi connectivity index (χ1n) is 4.86. The van der Waals surface area contributed by atoms with Crippen LogP contribution in [0.3, 0.4) is 0 Å². The van der Waals surface area contributed by atoms with E-state index >= 15 is 0 Å². The van der Waals surface area contributed by atoms with Gasteiger partial charge in [0.05, 0.1) is 0 Å². The van der Waals surface area contributed by atoms with Gasteiger partial charge in [-0.1, -0.05) is 13.3 Å². The van der Waals surface area contributed by atoms with Crippen molar-refractivity contribution in [1.29, 1.82) is 0 Å². The Kier molecular flexibility index (Phi) is 0.898. The molecule has 0 saturated heterocycles. The van der Waals surface area contributed by atoms with Crippen LogP contribution in [-0.4, -0.2) is 0 Å². The molecule has 3 fully saturated rings. The summed E-state index contributed by atoms with van der Waals surface area (Å²) in [5.41, 5.74) is 0. The molecule has 0 aromatic carbocycles. The molecule has 0 aliphatic heterocycles. The topological polar surface area (TPSA) is 0 Å². The van der Waals surface area contributed by atoms with Gasteiger partial charge in [0.25, 0.3) is 0 Å². The molecule has 0 bridgehead atoms. The molecule has 3 rings (SSSR count). The van der Waals surface area contributed by atoms with E-state index in [2.05, 4.69) is 6.92 Å². The predicted molar refractivity (Wildman–Crippen MR) is 41.6 cm³/mol. The fourth-order valence-electron chi connectivity index (χ4n) is 3.77. The van der Waals surface area contributed by atoms with Gasteiger partial charge in [-0.2, -0.15) is 0 Å². The third-order valence-corrected chi connectivity index (χ3v) is 4.49. The molecule has 5 atom stereocenters. The van der Waals surface area contributed by atoms with Crippen molar-refractivity contribution >= 4 is 0 Å². The Bertz CT molecular complexity index is 155. The van der Waals surface area contributed by atoms with E-state index in [4.69, 9.17) is 0 Å². The van der Waals surface area contributed by atoms with Crippen molar-refractivity contribution < 1.29 is 0 Å². The van der Waals surface area contributed by atoms with Crippen LogP contribution in [0, 0.1) is 29.6 Å². The van der Waals surface area contributed by atoms with Gasteiger partial charge in [0.15, 0.2) is 0 Å². The van der Waals surface area contributed by atoms with Gasteiger partial charge in [0, 0.05) is 0 Å². The Morgan fingerprint density at radius 3 is 2.60 bits per heavy atom. The smallest absolute Gasteiger partial charge is 0.0326 e. The molecule has 0 heterocycles. The minimum Gasteiger partial charge on any atom is -0.0622 e. The second-order valence-electron chi connectivity index (χ2n) is 4.79. The van der Waals surface area contributed by atoms with Gasteiger partial charge in [-0.25, -0.2) is 0 Å². The van der Waals surface area contributed by atoms with Crippen molar-refractivity contribution in [3.8, 4) is 0 Å². The third-order valence-electron chi connectivity index (χ3n) is 4.49. The second kappa shape index (κ2) is 1.60. The van der Waals surface area contributed by atoms with Crippen molar-refractivity contribution in [1.82, 2.24) is 0 Å². The van der Waals surface area contributed by atoms with Crippen LogP contribution in [0.1, 0.15) is 32.6 Å². The first kappa shape index (κ1) is 5.62. The average Bonchev–Trinajstić information content (AvgIpc) is 1.85. The summed E-state index contributed by atoms with van der Waals surface area (Å²) in [6.45, 7) is 2.47. The van der Waals surface area contributed by atoms with Crippen LogP contribution in [0.5, 0.6) is 0 Å². The predicted octanol–water partition coefficient (Wildman–Crippen LogP) is 2.69. The molecule has 0 aromatic heterocycles. The Morgan fingerprint density at radius 2 is 1.90 bits per heavy atom. The molecule has 0 N–H and O–H groups in total. The van der Waals surface area contributed by atoms with Crippen molar-refractivity contribution in [3.63, 3.8) is 0 Å². The highest BCUT2D eigenvalue weighted by Gasteiger charge is 2.56. The van der Waals surface area contributed by atoms with Gasteiger partial charge in [0.1, 0.15) is 0 Å². The van der Waals surface area contributed by atoms with E-state index in [0.717, 1.165) is 5.92 Å². The molecule has 0 radical (unpaired) electrons. The van der Waals surface area contributed by atoms with Crippen LogP contribution in [0.2, 0.25) is 0 Å². The van der Waals surface area contributed by atoms with E-state index in [0.29, 0.717) is 0 Å². The fraction of sp³-hybridized carbons (Fsp3) is 1.00. The molecule has 56 valence electrons. The highest BCUT2D eigenvalue weighted by atomic mass is 14.6. The molecular formula is C10H16. The summed E-state index contributed by atoms with van der Waals surface area (Å²) in [5, 5.41) is 0.